The molecular weight excluding hydrogens is 260 g/mol. The minimum absolute atomic E-state index is 0.624. The van der Waals surface area contributed by atoms with E-state index in [2.05, 4.69) is 63.5 Å². The lowest BCUT2D eigenvalue weighted by Gasteiger charge is -2.25. The SMILES string of the molecule is Cc1cc(C)c(C)c(C(CBr)C(C)C)c1C. The lowest BCUT2D eigenvalue weighted by Crippen LogP contribution is -2.13. The van der Waals surface area contributed by atoms with Crippen molar-refractivity contribution in [1.82, 2.24) is 0 Å². The molecule has 0 aliphatic carbocycles. The van der Waals surface area contributed by atoms with E-state index in [0.29, 0.717) is 11.8 Å². The van der Waals surface area contributed by atoms with E-state index in [1.165, 1.54) is 22.3 Å². The molecule has 16 heavy (non-hydrogen) atoms. The van der Waals surface area contributed by atoms with Crippen LogP contribution in [0.4, 0.5) is 0 Å². The number of hydrogen-bond acceptors (Lipinski definition) is 0. The number of alkyl halides is 1. The molecule has 0 saturated heterocycles. The maximum absolute atomic E-state index is 3.67. The van der Waals surface area contributed by atoms with Crippen molar-refractivity contribution in [2.45, 2.75) is 47.5 Å². The Morgan fingerprint density at radius 1 is 1.00 bits per heavy atom. The average molecular weight is 283 g/mol. The summed E-state index contributed by atoms with van der Waals surface area (Å²) in [5.74, 6) is 1.30. The van der Waals surface area contributed by atoms with Crippen LogP contribution in [0.5, 0.6) is 0 Å². The highest BCUT2D eigenvalue weighted by Gasteiger charge is 2.20. The molecule has 0 fully saturated rings. The van der Waals surface area contributed by atoms with Crippen LogP contribution in [-0.4, -0.2) is 5.33 Å². The fourth-order valence-corrected chi connectivity index (χ4v) is 3.46. The van der Waals surface area contributed by atoms with Gasteiger partial charge in [-0.1, -0.05) is 35.8 Å². The van der Waals surface area contributed by atoms with Crippen molar-refractivity contribution in [2.24, 2.45) is 5.92 Å². The second-order valence-electron chi connectivity index (χ2n) is 5.18. The maximum atomic E-state index is 3.67. The first-order valence-corrected chi connectivity index (χ1v) is 7.15. The zero-order valence-corrected chi connectivity index (χ0v) is 12.9. The predicted molar refractivity (Wildman–Crippen MR) is 76.8 cm³/mol. The molecule has 0 nitrogen and oxygen atoms in total. The van der Waals surface area contributed by atoms with Gasteiger partial charge < -0.3 is 0 Å². The van der Waals surface area contributed by atoms with Gasteiger partial charge in [-0.2, -0.15) is 0 Å². The molecule has 0 aromatic heterocycles. The van der Waals surface area contributed by atoms with Crippen LogP contribution in [0.3, 0.4) is 0 Å². The molecule has 90 valence electrons. The molecule has 1 unspecified atom stereocenters. The lowest BCUT2D eigenvalue weighted by molar-refractivity contribution is 0.539. The van der Waals surface area contributed by atoms with Crippen molar-refractivity contribution in [3.05, 3.63) is 33.9 Å². The summed E-state index contributed by atoms with van der Waals surface area (Å²) in [7, 11) is 0. The van der Waals surface area contributed by atoms with Crippen LogP contribution < -0.4 is 0 Å². The third kappa shape index (κ3) is 2.51. The number of rotatable bonds is 3. The molecular formula is C15H23Br. The van der Waals surface area contributed by atoms with E-state index in [9.17, 15) is 0 Å². The molecule has 0 amide bonds. The first-order valence-electron chi connectivity index (χ1n) is 6.03. The molecule has 0 aliphatic heterocycles. The highest BCUT2D eigenvalue weighted by atomic mass is 79.9. The quantitative estimate of drug-likeness (QED) is 0.680. The monoisotopic (exact) mass is 282 g/mol. The van der Waals surface area contributed by atoms with Gasteiger partial charge in [0.15, 0.2) is 0 Å². The molecule has 0 aliphatic rings. The summed E-state index contributed by atoms with van der Waals surface area (Å²) >= 11 is 3.67. The molecule has 0 saturated carbocycles. The molecule has 0 bridgehead atoms. The largest absolute Gasteiger partial charge is 0.0921 e. The van der Waals surface area contributed by atoms with E-state index in [-0.39, 0.29) is 0 Å². The second-order valence-corrected chi connectivity index (χ2v) is 5.83. The van der Waals surface area contributed by atoms with E-state index in [1.807, 2.05) is 0 Å². The highest BCUT2D eigenvalue weighted by molar-refractivity contribution is 9.09. The van der Waals surface area contributed by atoms with Gasteiger partial charge in [0.05, 0.1) is 0 Å². The number of hydrogen-bond donors (Lipinski definition) is 0. The summed E-state index contributed by atoms with van der Waals surface area (Å²) in [6.07, 6.45) is 0. The third-order valence-corrected chi connectivity index (χ3v) is 4.46. The van der Waals surface area contributed by atoms with Gasteiger partial charge in [-0.15, -0.1) is 0 Å². The Morgan fingerprint density at radius 2 is 1.44 bits per heavy atom. The van der Waals surface area contributed by atoms with Crippen LogP contribution in [0.25, 0.3) is 0 Å². The van der Waals surface area contributed by atoms with Crippen molar-refractivity contribution in [3.8, 4) is 0 Å². The zero-order chi connectivity index (χ0) is 12.5. The number of aryl methyl sites for hydroxylation is 2. The average Bonchev–Trinajstić information content (AvgIpc) is 2.21. The van der Waals surface area contributed by atoms with Gasteiger partial charge >= 0.3 is 0 Å². The van der Waals surface area contributed by atoms with Crippen LogP contribution in [0.1, 0.15) is 47.6 Å². The van der Waals surface area contributed by atoms with Crippen LogP contribution >= 0.6 is 15.9 Å². The van der Waals surface area contributed by atoms with E-state index in [1.54, 1.807) is 5.56 Å². The summed E-state index contributed by atoms with van der Waals surface area (Å²) in [4.78, 5) is 0. The Bertz CT molecular complexity index is 351. The van der Waals surface area contributed by atoms with Crippen molar-refractivity contribution in [1.29, 1.82) is 0 Å². The van der Waals surface area contributed by atoms with Gasteiger partial charge in [0.25, 0.3) is 0 Å². The van der Waals surface area contributed by atoms with Crippen LogP contribution in [0.2, 0.25) is 0 Å². The van der Waals surface area contributed by atoms with Gasteiger partial charge in [0, 0.05) is 5.33 Å². The zero-order valence-electron chi connectivity index (χ0n) is 11.3. The summed E-state index contributed by atoms with van der Waals surface area (Å²) in [5.41, 5.74) is 7.35. The smallest absolute Gasteiger partial charge is 0.0103 e. The number of benzene rings is 1. The normalized spacial score (nSPS) is 13.2. The Morgan fingerprint density at radius 3 is 1.75 bits per heavy atom. The summed E-state index contributed by atoms with van der Waals surface area (Å²) < 4.78 is 0. The Hall–Kier alpha value is -0.300. The predicted octanol–water partition coefficient (Wildman–Crippen LogP) is 5.05. The minimum atomic E-state index is 0.624. The Balaban J connectivity index is 3.41. The fourth-order valence-electron chi connectivity index (χ4n) is 2.39. The topological polar surface area (TPSA) is 0 Å². The summed E-state index contributed by atoms with van der Waals surface area (Å²) in [5, 5.41) is 1.05. The molecule has 1 atom stereocenters. The van der Waals surface area contributed by atoms with Crippen molar-refractivity contribution in [2.75, 3.05) is 5.33 Å². The highest BCUT2D eigenvalue weighted by Crippen LogP contribution is 2.34. The van der Waals surface area contributed by atoms with Crippen molar-refractivity contribution in [3.63, 3.8) is 0 Å². The van der Waals surface area contributed by atoms with Crippen LogP contribution in [0, 0.1) is 33.6 Å². The van der Waals surface area contributed by atoms with Crippen molar-refractivity contribution >= 4 is 15.9 Å². The van der Waals surface area contributed by atoms with E-state index in [4.69, 9.17) is 0 Å². The molecule has 0 spiro atoms. The van der Waals surface area contributed by atoms with Crippen molar-refractivity contribution < 1.29 is 0 Å². The second kappa shape index (κ2) is 5.35. The van der Waals surface area contributed by atoms with E-state index < -0.39 is 0 Å². The molecule has 0 N–H and O–H groups in total. The van der Waals surface area contributed by atoms with Gasteiger partial charge in [-0.3, -0.25) is 0 Å². The summed E-state index contributed by atoms with van der Waals surface area (Å²) in [6.45, 7) is 13.6. The molecule has 1 aromatic rings. The van der Waals surface area contributed by atoms with Gasteiger partial charge in [0.2, 0.25) is 0 Å². The minimum Gasteiger partial charge on any atom is -0.0921 e. The first kappa shape index (κ1) is 13.8. The maximum Gasteiger partial charge on any atom is 0.0103 e. The number of halogens is 1. The first-order chi connectivity index (χ1) is 7.40. The molecule has 1 rings (SSSR count). The fraction of sp³-hybridized carbons (Fsp3) is 0.600. The third-order valence-electron chi connectivity index (χ3n) is 3.77. The lowest BCUT2D eigenvalue weighted by atomic mass is 9.82. The molecule has 0 heterocycles. The van der Waals surface area contributed by atoms with E-state index >= 15 is 0 Å². The van der Waals surface area contributed by atoms with Gasteiger partial charge in [-0.05, 0) is 67.3 Å². The van der Waals surface area contributed by atoms with Gasteiger partial charge in [0.1, 0.15) is 0 Å². The van der Waals surface area contributed by atoms with E-state index in [0.717, 1.165) is 5.33 Å². The molecule has 1 aromatic carbocycles. The molecule has 0 radical (unpaired) electrons. The van der Waals surface area contributed by atoms with Crippen LogP contribution in [0.15, 0.2) is 6.07 Å². The van der Waals surface area contributed by atoms with Gasteiger partial charge in [-0.25, -0.2) is 0 Å². The summed E-state index contributed by atoms with van der Waals surface area (Å²) in [6, 6.07) is 2.31. The Labute approximate surface area is 109 Å². The molecule has 1 heteroatoms. The standard InChI is InChI=1S/C15H23Br/c1-9(2)14(8-16)15-12(5)10(3)7-11(4)13(15)6/h7,9,14H,8H2,1-6H3. The Kier molecular flexibility index (Phi) is 4.61. The van der Waals surface area contributed by atoms with Crippen LogP contribution in [-0.2, 0) is 0 Å².